The number of nitrogens with zero attached hydrogens (tertiary/aromatic N) is 4. The van der Waals surface area contributed by atoms with E-state index in [9.17, 15) is 8.42 Å². The lowest BCUT2D eigenvalue weighted by Gasteiger charge is -2.20. The first-order valence-corrected chi connectivity index (χ1v) is 11.7. The molecule has 150 valence electrons. The maximum atomic E-state index is 12.5. The summed E-state index contributed by atoms with van der Waals surface area (Å²) in [6.07, 6.45) is 0.584. The van der Waals surface area contributed by atoms with E-state index in [0.29, 0.717) is 23.7 Å². The van der Waals surface area contributed by atoms with Gasteiger partial charge in [-0.2, -0.15) is 8.68 Å². The number of aromatic nitrogens is 2. The average molecular weight is 439 g/mol. The summed E-state index contributed by atoms with van der Waals surface area (Å²) in [4.78, 5) is 6.50. The summed E-state index contributed by atoms with van der Waals surface area (Å²) < 4.78 is 36.5. The average Bonchev–Trinajstić information content (AvgIpc) is 3.38. The maximum Gasteiger partial charge on any atom is 0.252 e. The van der Waals surface area contributed by atoms with Crippen LogP contribution in [0.25, 0.3) is 0 Å². The Balaban J connectivity index is 1.60. The molecule has 0 fully saturated rings. The summed E-state index contributed by atoms with van der Waals surface area (Å²) in [5.74, 6) is 1.53. The SMILES string of the molecule is COc1ccccc1Cc1nsc(N(C)CCN(C)S(=O)(=O)c2cccs2)n1. The highest BCUT2D eigenvalue weighted by Crippen LogP contribution is 2.23. The third kappa shape index (κ3) is 4.69. The highest BCUT2D eigenvalue weighted by molar-refractivity contribution is 7.91. The molecule has 1 aromatic carbocycles. The quantitative estimate of drug-likeness (QED) is 0.511. The minimum absolute atomic E-state index is 0.354. The molecule has 10 heteroatoms. The van der Waals surface area contributed by atoms with Crippen LogP contribution in [0, 0.1) is 0 Å². The molecule has 0 bridgehead atoms. The number of sulfonamides is 1. The van der Waals surface area contributed by atoms with Crippen molar-refractivity contribution in [3.8, 4) is 5.75 Å². The van der Waals surface area contributed by atoms with Crippen molar-refractivity contribution < 1.29 is 13.2 Å². The first-order valence-electron chi connectivity index (χ1n) is 8.57. The number of methoxy groups -OCH3 is 1. The normalized spacial score (nSPS) is 11.7. The minimum atomic E-state index is -3.44. The lowest BCUT2D eigenvalue weighted by Crippen LogP contribution is -2.34. The highest BCUT2D eigenvalue weighted by atomic mass is 32.2. The van der Waals surface area contributed by atoms with Crippen LogP contribution in [0.1, 0.15) is 11.4 Å². The number of rotatable bonds is 9. The van der Waals surface area contributed by atoms with Gasteiger partial charge in [0.25, 0.3) is 10.0 Å². The molecule has 0 saturated heterocycles. The lowest BCUT2D eigenvalue weighted by molar-refractivity contribution is 0.410. The van der Waals surface area contributed by atoms with Crippen molar-refractivity contribution in [2.75, 3.05) is 39.2 Å². The van der Waals surface area contributed by atoms with Crippen LogP contribution in [0.3, 0.4) is 0 Å². The van der Waals surface area contributed by atoms with Gasteiger partial charge in [0.2, 0.25) is 5.13 Å². The van der Waals surface area contributed by atoms with Crippen molar-refractivity contribution in [3.05, 3.63) is 53.2 Å². The number of hydrogen-bond donors (Lipinski definition) is 0. The van der Waals surface area contributed by atoms with Crippen molar-refractivity contribution in [1.82, 2.24) is 13.7 Å². The predicted octanol–water partition coefficient (Wildman–Crippen LogP) is 2.96. The monoisotopic (exact) mass is 438 g/mol. The number of thiophene rings is 1. The fourth-order valence-electron chi connectivity index (χ4n) is 2.56. The second-order valence-electron chi connectivity index (χ2n) is 6.16. The second kappa shape index (κ2) is 8.99. The molecule has 3 rings (SSSR count). The molecule has 7 nitrogen and oxygen atoms in total. The van der Waals surface area contributed by atoms with Gasteiger partial charge < -0.3 is 9.64 Å². The van der Waals surface area contributed by atoms with E-state index >= 15 is 0 Å². The van der Waals surface area contributed by atoms with Crippen molar-refractivity contribution in [2.24, 2.45) is 0 Å². The first-order chi connectivity index (χ1) is 13.4. The molecule has 0 aliphatic heterocycles. The van der Waals surface area contributed by atoms with Crippen LogP contribution in [0.15, 0.2) is 46.0 Å². The van der Waals surface area contributed by atoms with Gasteiger partial charge in [-0.3, -0.25) is 0 Å². The zero-order valence-electron chi connectivity index (χ0n) is 15.9. The Morgan fingerprint density at radius 3 is 2.61 bits per heavy atom. The van der Waals surface area contributed by atoms with Crippen LogP contribution in [-0.4, -0.2) is 56.4 Å². The largest absolute Gasteiger partial charge is 0.496 e. The summed E-state index contributed by atoms with van der Waals surface area (Å²) >= 11 is 2.53. The predicted molar refractivity (Wildman–Crippen MR) is 113 cm³/mol. The Bertz CT molecular complexity index is 1000. The summed E-state index contributed by atoms with van der Waals surface area (Å²) in [5, 5.41) is 2.52. The zero-order valence-corrected chi connectivity index (χ0v) is 18.4. The van der Waals surface area contributed by atoms with E-state index in [-0.39, 0.29) is 0 Å². The van der Waals surface area contributed by atoms with Gasteiger partial charge in [0, 0.05) is 50.7 Å². The van der Waals surface area contributed by atoms with E-state index in [4.69, 9.17) is 4.74 Å². The second-order valence-corrected chi connectivity index (χ2v) is 10.1. The van der Waals surface area contributed by atoms with Gasteiger partial charge in [0.15, 0.2) is 0 Å². The Kier molecular flexibility index (Phi) is 6.65. The maximum absolute atomic E-state index is 12.5. The topological polar surface area (TPSA) is 75.6 Å². The zero-order chi connectivity index (χ0) is 20.1. The molecular weight excluding hydrogens is 416 g/mol. The van der Waals surface area contributed by atoms with Crippen LogP contribution in [0.2, 0.25) is 0 Å². The Hall–Kier alpha value is -2.01. The molecule has 28 heavy (non-hydrogen) atoms. The standard InChI is InChI=1S/C18H22N4O3S3/c1-21(10-11-22(2)28(23,24)17-9-6-12-26-17)18-19-16(20-27-18)13-14-7-4-5-8-15(14)25-3/h4-9,12H,10-11,13H2,1-3H3. The molecule has 0 spiro atoms. The summed E-state index contributed by atoms with van der Waals surface area (Å²) in [7, 11) is 1.69. The van der Waals surface area contributed by atoms with Crippen molar-refractivity contribution in [3.63, 3.8) is 0 Å². The lowest BCUT2D eigenvalue weighted by atomic mass is 10.1. The van der Waals surface area contributed by atoms with Crippen LogP contribution in [0.5, 0.6) is 5.75 Å². The Labute approximate surface area is 173 Å². The van der Waals surface area contributed by atoms with E-state index in [2.05, 4.69) is 9.36 Å². The number of likely N-dealkylation sites (N-methyl/N-ethyl adjacent to an activating group) is 2. The molecule has 0 aliphatic carbocycles. The molecule has 0 N–H and O–H groups in total. The number of ether oxygens (including phenoxy) is 1. The van der Waals surface area contributed by atoms with Gasteiger partial charge in [-0.05, 0) is 17.5 Å². The fraction of sp³-hybridized carbons (Fsp3) is 0.333. The number of para-hydroxylation sites is 1. The van der Waals surface area contributed by atoms with E-state index in [1.54, 1.807) is 31.7 Å². The van der Waals surface area contributed by atoms with Crippen molar-refractivity contribution in [2.45, 2.75) is 10.6 Å². The summed E-state index contributed by atoms with van der Waals surface area (Å²) in [6.45, 7) is 0.878. The van der Waals surface area contributed by atoms with Gasteiger partial charge in [-0.1, -0.05) is 24.3 Å². The minimum Gasteiger partial charge on any atom is -0.496 e. The molecule has 2 aromatic heterocycles. The van der Waals surface area contributed by atoms with Crippen molar-refractivity contribution >= 4 is 38.0 Å². The fourth-order valence-corrected chi connectivity index (χ4v) is 5.59. The molecule has 2 heterocycles. The molecular formula is C18H22N4O3S3. The number of anilines is 1. The molecule has 0 saturated carbocycles. The van der Waals surface area contributed by atoms with E-state index in [1.165, 1.54) is 27.2 Å². The number of benzene rings is 1. The molecule has 0 amide bonds. The third-order valence-electron chi connectivity index (χ3n) is 4.23. The van der Waals surface area contributed by atoms with E-state index in [0.717, 1.165) is 22.3 Å². The first kappa shape index (κ1) is 20.7. The molecule has 0 aliphatic rings. The van der Waals surface area contributed by atoms with Crippen LogP contribution in [-0.2, 0) is 16.4 Å². The van der Waals surface area contributed by atoms with Gasteiger partial charge in [0.1, 0.15) is 15.8 Å². The smallest absolute Gasteiger partial charge is 0.252 e. The van der Waals surface area contributed by atoms with Crippen molar-refractivity contribution in [1.29, 1.82) is 0 Å². The van der Waals surface area contributed by atoms with Crippen LogP contribution in [0.4, 0.5) is 5.13 Å². The Morgan fingerprint density at radius 2 is 1.89 bits per heavy atom. The number of hydrogen-bond acceptors (Lipinski definition) is 8. The van der Waals surface area contributed by atoms with Crippen LogP contribution < -0.4 is 9.64 Å². The Morgan fingerprint density at radius 1 is 1.11 bits per heavy atom. The molecule has 0 atom stereocenters. The van der Waals surface area contributed by atoms with Gasteiger partial charge in [0.05, 0.1) is 7.11 Å². The summed E-state index contributed by atoms with van der Waals surface area (Å²) in [6, 6.07) is 11.2. The molecule has 3 aromatic rings. The van der Waals surface area contributed by atoms with Crippen LogP contribution >= 0.6 is 22.9 Å². The third-order valence-corrected chi connectivity index (χ3v) is 8.33. The molecule has 0 unspecified atom stereocenters. The van der Waals surface area contributed by atoms with E-state index in [1.807, 2.05) is 36.2 Å². The van der Waals surface area contributed by atoms with E-state index < -0.39 is 10.0 Å². The van der Waals surface area contributed by atoms with Gasteiger partial charge in [-0.25, -0.2) is 13.4 Å². The highest BCUT2D eigenvalue weighted by Gasteiger charge is 2.22. The molecule has 0 radical (unpaired) electrons. The summed E-state index contributed by atoms with van der Waals surface area (Å²) in [5.41, 5.74) is 1.03. The van der Waals surface area contributed by atoms with Gasteiger partial charge in [-0.15, -0.1) is 11.3 Å². The van der Waals surface area contributed by atoms with Gasteiger partial charge >= 0.3 is 0 Å².